The van der Waals surface area contributed by atoms with Gasteiger partial charge in [-0.3, -0.25) is 14.9 Å². The van der Waals surface area contributed by atoms with E-state index in [1.165, 1.54) is 12.1 Å². The number of hydrogen-bond donors (Lipinski definition) is 1. The molecule has 0 radical (unpaired) electrons. The number of para-hydroxylation sites is 1. The monoisotopic (exact) mass is 394 g/mol. The average molecular weight is 394 g/mol. The highest BCUT2D eigenvalue weighted by molar-refractivity contribution is 5.95. The number of hydrogen-bond acceptors (Lipinski definition) is 6. The van der Waals surface area contributed by atoms with Crippen LogP contribution < -0.4 is 10.1 Å². The summed E-state index contributed by atoms with van der Waals surface area (Å²) in [6.45, 7) is 0.688. The van der Waals surface area contributed by atoms with Gasteiger partial charge in [-0.1, -0.05) is 42.5 Å². The molecule has 8 nitrogen and oxygen atoms in total. The van der Waals surface area contributed by atoms with Gasteiger partial charge < -0.3 is 14.8 Å². The van der Waals surface area contributed by atoms with Crippen LogP contribution >= 0.6 is 0 Å². The molecule has 0 atom stereocenters. The number of benzene rings is 3. The summed E-state index contributed by atoms with van der Waals surface area (Å²) in [6, 6.07) is 17.6. The number of nitrogens with one attached hydrogen (secondary N) is 1. The van der Waals surface area contributed by atoms with Gasteiger partial charge in [0.05, 0.1) is 4.92 Å². The van der Waals surface area contributed by atoms with Crippen molar-refractivity contribution in [3.63, 3.8) is 0 Å². The molecule has 0 fully saturated rings. The Balaban J connectivity index is 1.51. The highest BCUT2D eigenvalue weighted by Crippen LogP contribution is 2.27. The predicted octanol–water partition coefficient (Wildman–Crippen LogP) is 3.62. The molecule has 29 heavy (non-hydrogen) atoms. The van der Waals surface area contributed by atoms with Gasteiger partial charge in [-0.15, -0.1) is 0 Å². The minimum absolute atomic E-state index is 0.0750. The van der Waals surface area contributed by atoms with Crippen LogP contribution in [-0.4, -0.2) is 30.0 Å². The van der Waals surface area contributed by atoms with Crippen molar-refractivity contribution in [3.8, 4) is 5.75 Å². The summed E-state index contributed by atoms with van der Waals surface area (Å²) in [7, 11) is 0. The van der Waals surface area contributed by atoms with E-state index in [1.807, 2.05) is 30.3 Å². The van der Waals surface area contributed by atoms with Crippen LogP contribution in [0.15, 0.2) is 60.7 Å². The van der Waals surface area contributed by atoms with E-state index in [1.54, 1.807) is 25.1 Å². The first-order chi connectivity index (χ1) is 13.9. The molecule has 148 valence electrons. The molecule has 0 aliphatic carbocycles. The van der Waals surface area contributed by atoms with Crippen LogP contribution in [0.4, 0.5) is 11.4 Å². The second-order valence-electron chi connectivity index (χ2n) is 6.23. The molecule has 3 aromatic carbocycles. The van der Waals surface area contributed by atoms with Gasteiger partial charge in [0.15, 0.2) is 13.2 Å². The first kappa shape index (κ1) is 19.8. The van der Waals surface area contributed by atoms with Gasteiger partial charge >= 0.3 is 5.97 Å². The molecule has 0 aromatic heterocycles. The Morgan fingerprint density at radius 3 is 2.52 bits per heavy atom. The highest BCUT2D eigenvalue weighted by atomic mass is 16.6. The summed E-state index contributed by atoms with van der Waals surface area (Å²) in [5.41, 5.74) is 0.369. The zero-order valence-electron chi connectivity index (χ0n) is 15.6. The van der Waals surface area contributed by atoms with Gasteiger partial charge in [0, 0.05) is 6.07 Å². The zero-order valence-corrected chi connectivity index (χ0v) is 15.6. The molecular formula is C21H18N2O6. The fourth-order valence-corrected chi connectivity index (χ4v) is 2.73. The van der Waals surface area contributed by atoms with E-state index in [-0.39, 0.29) is 18.0 Å². The van der Waals surface area contributed by atoms with Crippen molar-refractivity contribution in [2.45, 2.75) is 6.92 Å². The summed E-state index contributed by atoms with van der Waals surface area (Å²) in [5.74, 6) is -0.908. The Morgan fingerprint density at radius 1 is 1.00 bits per heavy atom. The van der Waals surface area contributed by atoms with Crippen molar-refractivity contribution in [2.24, 2.45) is 0 Å². The smallest absolute Gasteiger partial charge is 0.344 e. The van der Waals surface area contributed by atoms with Crippen LogP contribution in [0.3, 0.4) is 0 Å². The fraction of sp³-hybridized carbons (Fsp3) is 0.143. The number of nitrogens with zero attached hydrogens (tertiary/aromatic N) is 1. The van der Waals surface area contributed by atoms with Gasteiger partial charge in [-0.25, -0.2) is 4.79 Å². The van der Waals surface area contributed by atoms with Crippen LogP contribution in [0.25, 0.3) is 10.8 Å². The number of ether oxygens (including phenoxy) is 2. The first-order valence-corrected chi connectivity index (χ1v) is 8.75. The number of anilines is 1. The Bertz CT molecular complexity index is 1080. The number of aryl methyl sites for hydroxylation is 1. The van der Waals surface area contributed by atoms with Gasteiger partial charge in [0.25, 0.3) is 11.6 Å². The summed E-state index contributed by atoms with van der Waals surface area (Å²) >= 11 is 0. The van der Waals surface area contributed by atoms with Gasteiger partial charge in [0.1, 0.15) is 11.4 Å². The molecule has 0 aliphatic heterocycles. The number of nitro benzene ring substituents is 1. The third-order valence-corrected chi connectivity index (χ3v) is 4.15. The number of carbonyl (C=O) groups is 2. The zero-order chi connectivity index (χ0) is 20.8. The lowest BCUT2D eigenvalue weighted by Gasteiger charge is -2.10. The van der Waals surface area contributed by atoms with Gasteiger partial charge in [0.2, 0.25) is 0 Å². The molecule has 3 rings (SSSR count). The summed E-state index contributed by atoms with van der Waals surface area (Å²) < 4.78 is 10.3. The number of fused-ring (bicyclic) bond motifs is 1. The van der Waals surface area contributed by atoms with Crippen molar-refractivity contribution >= 4 is 34.0 Å². The highest BCUT2D eigenvalue weighted by Gasteiger charge is 2.18. The van der Waals surface area contributed by atoms with E-state index >= 15 is 0 Å². The maximum Gasteiger partial charge on any atom is 0.344 e. The third kappa shape index (κ3) is 5.07. The number of rotatable bonds is 7. The second kappa shape index (κ2) is 8.83. The van der Waals surface area contributed by atoms with E-state index < -0.39 is 23.4 Å². The van der Waals surface area contributed by atoms with E-state index in [4.69, 9.17) is 9.47 Å². The summed E-state index contributed by atoms with van der Waals surface area (Å²) in [6.07, 6.45) is 0. The molecule has 0 aliphatic rings. The lowest BCUT2D eigenvalue weighted by Crippen LogP contribution is -2.24. The van der Waals surface area contributed by atoms with Crippen LogP contribution in [-0.2, 0) is 14.3 Å². The molecule has 0 unspecified atom stereocenters. The number of carbonyl (C=O) groups excluding carboxylic acids is 2. The number of nitro groups is 1. The molecule has 1 N–H and O–H groups in total. The van der Waals surface area contributed by atoms with Crippen molar-refractivity contribution in [1.29, 1.82) is 0 Å². The number of esters is 1. The minimum atomic E-state index is -0.729. The second-order valence-corrected chi connectivity index (χ2v) is 6.23. The number of amides is 1. The quantitative estimate of drug-likeness (QED) is 0.373. The van der Waals surface area contributed by atoms with E-state index in [0.717, 1.165) is 10.8 Å². The lowest BCUT2D eigenvalue weighted by molar-refractivity contribution is -0.384. The predicted molar refractivity (Wildman–Crippen MR) is 107 cm³/mol. The normalized spacial score (nSPS) is 10.4. The van der Waals surface area contributed by atoms with Crippen molar-refractivity contribution in [3.05, 3.63) is 76.3 Å². The van der Waals surface area contributed by atoms with Crippen LogP contribution in [0, 0.1) is 17.0 Å². The Morgan fingerprint density at radius 2 is 1.76 bits per heavy atom. The fourth-order valence-electron chi connectivity index (χ4n) is 2.73. The largest absolute Gasteiger partial charge is 0.482 e. The topological polar surface area (TPSA) is 108 Å². The molecular weight excluding hydrogens is 376 g/mol. The third-order valence-electron chi connectivity index (χ3n) is 4.15. The maximum atomic E-state index is 12.0. The molecule has 0 spiro atoms. The molecule has 0 saturated carbocycles. The van der Waals surface area contributed by atoms with Crippen LogP contribution in [0.1, 0.15) is 5.56 Å². The Labute approximate surface area is 166 Å². The molecule has 0 heterocycles. The maximum absolute atomic E-state index is 12.0. The first-order valence-electron chi connectivity index (χ1n) is 8.75. The van der Waals surface area contributed by atoms with Gasteiger partial charge in [-0.2, -0.15) is 0 Å². The van der Waals surface area contributed by atoms with E-state index in [2.05, 4.69) is 5.32 Å². The van der Waals surface area contributed by atoms with Gasteiger partial charge in [-0.05, 0) is 35.4 Å². The standard InChI is InChI=1S/C21H18N2O6/c1-14-5-4-8-18(23(26)27)21(14)22-19(24)12-29-20(25)13-28-17-10-9-15-6-2-3-7-16(15)11-17/h2-11H,12-13H2,1H3,(H,22,24). The summed E-state index contributed by atoms with van der Waals surface area (Å²) in [5, 5.41) is 15.5. The molecule has 0 bridgehead atoms. The van der Waals surface area contributed by atoms with Crippen molar-refractivity contribution < 1.29 is 24.0 Å². The minimum Gasteiger partial charge on any atom is -0.482 e. The lowest BCUT2D eigenvalue weighted by atomic mass is 10.1. The van der Waals surface area contributed by atoms with Crippen LogP contribution in [0.5, 0.6) is 5.75 Å². The molecule has 1 amide bonds. The molecule has 0 saturated heterocycles. The van der Waals surface area contributed by atoms with Crippen molar-refractivity contribution in [2.75, 3.05) is 18.5 Å². The SMILES string of the molecule is Cc1cccc([N+](=O)[O-])c1NC(=O)COC(=O)COc1ccc2ccccc2c1. The summed E-state index contributed by atoms with van der Waals surface area (Å²) in [4.78, 5) is 34.3. The van der Waals surface area contributed by atoms with Crippen molar-refractivity contribution in [1.82, 2.24) is 0 Å². The molecule has 8 heteroatoms. The Kier molecular flexibility index (Phi) is 6.03. The molecule has 3 aromatic rings. The average Bonchev–Trinajstić information content (AvgIpc) is 2.71. The van der Waals surface area contributed by atoms with E-state index in [9.17, 15) is 19.7 Å². The van der Waals surface area contributed by atoms with Crippen LogP contribution in [0.2, 0.25) is 0 Å². The Hall–Kier alpha value is -3.94. The van der Waals surface area contributed by atoms with E-state index in [0.29, 0.717) is 11.3 Å².